The van der Waals surface area contributed by atoms with Gasteiger partial charge in [-0.25, -0.2) is 0 Å². The molecule has 1 N–H and O–H groups in total. The summed E-state index contributed by atoms with van der Waals surface area (Å²) in [5.41, 5.74) is 0. The SMILES string of the molecule is CCNC1CCCCCCCCC(C)CCCCCC1. The van der Waals surface area contributed by atoms with Gasteiger partial charge in [0.15, 0.2) is 0 Å². The Morgan fingerprint density at radius 1 is 0.650 bits per heavy atom. The van der Waals surface area contributed by atoms with Crippen molar-refractivity contribution in [2.24, 2.45) is 5.92 Å². The topological polar surface area (TPSA) is 12.0 Å². The number of nitrogens with one attached hydrogen (secondary N) is 1. The Kier molecular flexibility index (Phi) is 11.4. The summed E-state index contributed by atoms with van der Waals surface area (Å²) in [5, 5.41) is 3.69. The fourth-order valence-electron chi connectivity index (χ4n) is 3.61. The van der Waals surface area contributed by atoms with Gasteiger partial charge in [0.2, 0.25) is 0 Å². The van der Waals surface area contributed by atoms with Crippen LogP contribution in [-0.2, 0) is 0 Å². The van der Waals surface area contributed by atoms with Crippen molar-refractivity contribution in [2.45, 2.75) is 110 Å². The highest BCUT2D eigenvalue weighted by atomic mass is 14.9. The van der Waals surface area contributed by atoms with Crippen LogP contribution in [0.2, 0.25) is 0 Å². The third-order valence-electron chi connectivity index (χ3n) is 4.99. The predicted molar refractivity (Wildman–Crippen MR) is 91.3 cm³/mol. The van der Waals surface area contributed by atoms with E-state index in [1.165, 1.54) is 89.9 Å². The lowest BCUT2D eigenvalue weighted by Crippen LogP contribution is -2.28. The Bertz CT molecular complexity index is 202. The minimum absolute atomic E-state index is 0.798. The molecule has 0 radical (unpaired) electrons. The summed E-state index contributed by atoms with van der Waals surface area (Å²) in [4.78, 5) is 0. The van der Waals surface area contributed by atoms with Crippen LogP contribution in [0, 0.1) is 5.92 Å². The van der Waals surface area contributed by atoms with Crippen LogP contribution in [0.1, 0.15) is 104 Å². The maximum atomic E-state index is 3.69. The monoisotopic (exact) mass is 281 g/mol. The van der Waals surface area contributed by atoms with Gasteiger partial charge >= 0.3 is 0 Å². The van der Waals surface area contributed by atoms with E-state index < -0.39 is 0 Å². The zero-order valence-electron chi connectivity index (χ0n) is 14.3. The van der Waals surface area contributed by atoms with Gasteiger partial charge in [0.25, 0.3) is 0 Å². The lowest BCUT2D eigenvalue weighted by molar-refractivity contribution is 0.399. The molecule has 1 aliphatic carbocycles. The third-order valence-corrected chi connectivity index (χ3v) is 4.99. The highest BCUT2D eigenvalue weighted by Crippen LogP contribution is 2.20. The highest BCUT2D eigenvalue weighted by molar-refractivity contribution is 4.67. The van der Waals surface area contributed by atoms with Crippen molar-refractivity contribution >= 4 is 0 Å². The smallest absolute Gasteiger partial charge is 0.00669 e. The molecule has 1 nitrogen and oxygen atoms in total. The van der Waals surface area contributed by atoms with Crippen molar-refractivity contribution < 1.29 is 0 Å². The minimum Gasteiger partial charge on any atom is -0.314 e. The van der Waals surface area contributed by atoms with Crippen LogP contribution in [-0.4, -0.2) is 12.6 Å². The Hall–Kier alpha value is -0.0400. The van der Waals surface area contributed by atoms with Gasteiger partial charge in [-0.1, -0.05) is 90.9 Å². The standard InChI is InChI=1S/C19H39N/c1-3-20-19-16-12-7-5-4-6-10-14-18(2)15-11-8-9-13-17-19/h18-20H,3-17H2,1-2H3. The van der Waals surface area contributed by atoms with Crippen LogP contribution in [0.3, 0.4) is 0 Å². The van der Waals surface area contributed by atoms with Crippen molar-refractivity contribution in [2.75, 3.05) is 6.54 Å². The first-order valence-electron chi connectivity index (χ1n) is 9.56. The zero-order valence-corrected chi connectivity index (χ0v) is 14.3. The van der Waals surface area contributed by atoms with E-state index in [-0.39, 0.29) is 0 Å². The Morgan fingerprint density at radius 2 is 1.05 bits per heavy atom. The Morgan fingerprint density at radius 3 is 1.50 bits per heavy atom. The van der Waals surface area contributed by atoms with Crippen LogP contribution in [0.4, 0.5) is 0 Å². The second kappa shape index (κ2) is 12.7. The fourth-order valence-corrected chi connectivity index (χ4v) is 3.61. The maximum absolute atomic E-state index is 3.69. The van der Waals surface area contributed by atoms with Crippen molar-refractivity contribution in [3.05, 3.63) is 0 Å². The largest absolute Gasteiger partial charge is 0.314 e. The highest BCUT2D eigenvalue weighted by Gasteiger charge is 2.08. The summed E-state index contributed by atoms with van der Waals surface area (Å²) in [6, 6.07) is 0.798. The molecular weight excluding hydrogens is 242 g/mol. The van der Waals surface area contributed by atoms with E-state index in [0.717, 1.165) is 18.5 Å². The molecule has 0 aromatic rings. The van der Waals surface area contributed by atoms with E-state index in [9.17, 15) is 0 Å². The van der Waals surface area contributed by atoms with E-state index >= 15 is 0 Å². The second-order valence-corrected chi connectivity index (χ2v) is 7.05. The molecule has 0 aromatic heterocycles. The minimum atomic E-state index is 0.798. The van der Waals surface area contributed by atoms with Crippen molar-refractivity contribution in [1.82, 2.24) is 5.32 Å². The molecule has 0 aromatic carbocycles. The average molecular weight is 282 g/mol. The molecule has 1 heteroatoms. The normalized spacial score (nSPS) is 29.1. The average Bonchev–Trinajstić information content (AvgIpc) is 2.44. The number of hydrogen-bond acceptors (Lipinski definition) is 1. The lowest BCUT2D eigenvalue weighted by Gasteiger charge is -2.18. The van der Waals surface area contributed by atoms with Gasteiger partial charge in [-0.15, -0.1) is 0 Å². The quantitative estimate of drug-likeness (QED) is 0.647. The fraction of sp³-hybridized carbons (Fsp3) is 1.00. The Labute approximate surface area is 128 Å². The van der Waals surface area contributed by atoms with Crippen molar-refractivity contribution in [3.63, 3.8) is 0 Å². The molecular formula is C19H39N. The molecule has 0 saturated heterocycles. The van der Waals surface area contributed by atoms with E-state index in [1.807, 2.05) is 0 Å². The molecule has 1 rings (SSSR count). The Balaban J connectivity index is 2.25. The van der Waals surface area contributed by atoms with Gasteiger partial charge < -0.3 is 5.32 Å². The van der Waals surface area contributed by atoms with E-state index in [0.29, 0.717) is 0 Å². The summed E-state index contributed by atoms with van der Waals surface area (Å²) in [5.74, 6) is 0.970. The predicted octanol–water partition coefficient (Wildman–Crippen LogP) is 6.08. The molecule has 0 amide bonds. The molecule has 2 unspecified atom stereocenters. The molecule has 0 aliphatic heterocycles. The van der Waals surface area contributed by atoms with Gasteiger partial charge in [-0.3, -0.25) is 0 Å². The summed E-state index contributed by atoms with van der Waals surface area (Å²) in [7, 11) is 0. The van der Waals surface area contributed by atoms with Crippen LogP contribution in [0.5, 0.6) is 0 Å². The van der Waals surface area contributed by atoms with Gasteiger partial charge in [0.1, 0.15) is 0 Å². The van der Waals surface area contributed by atoms with Crippen LogP contribution >= 0.6 is 0 Å². The lowest BCUT2D eigenvalue weighted by atomic mass is 9.94. The molecule has 120 valence electrons. The van der Waals surface area contributed by atoms with E-state index in [2.05, 4.69) is 19.2 Å². The van der Waals surface area contributed by atoms with Crippen LogP contribution < -0.4 is 5.32 Å². The van der Waals surface area contributed by atoms with E-state index in [1.54, 1.807) is 0 Å². The first-order valence-corrected chi connectivity index (χ1v) is 9.56. The molecule has 0 heterocycles. The first kappa shape index (κ1) is 18.0. The molecule has 1 fully saturated rings. The van der Waals surface area contributed by atoms with Crippen molar-refractivity contribution in [3.8, 4) is 0 Å². The molecule has 0 bridgehead atoms. The molecule has 1 saturated carbocycles. The summed E-state index contributed by atoms with van der Waals surface area (Å²) >= 11 is 0. The zero-order chi connectivity index (χ0) is 14.5. The first-order chi connectivity index (χ1) is 9.83. The number of hydrogen-bond donors (Lipinski definition) is 1. The van der Waals surface area contributed by atoms with Gasteiger partial charge in [-0.05, 0) is 25.3 Å². The van der Waals surface area contributed by atoms with Crippen molar-refractivity contribution in [1.29, 1.82) is 0 Å². The van der Waals surface area contributed by atoms with Gasteiger partial charge in [-0.2, -0.15) is 0 Å². The van der Waals surface area contributed by atoms with Crippen LogP contribution in [0.25, 0.3) is 0 Å². The summed E-state index contributed by atoms with van der Waals surface area (Å²) < 4.78 is 0. The molecule has 1 aliphatic rings. The third kappa shape index (κ3) is 9.80. The maximum Gasteiger partial charge on any atom is 0.00669 e. The van der Waals surface area contributed by atoms with Crippen LogP contribution in [0.15, 0.2) is 0 Å². The van der Waals surface area contributed by atoms with E-state index in [4.69, 9.17) is 0 Å². The number of rotatable bonds is 2. The summed E-state index contributed by atoms with van der Waals surface area (Å²) in [6.07, 6.45) is 20.4. The second-order valence-electron chi connectivity index (χ2n) is 7.05. The van der Waals surface area contributed by atoms with Gasteiger partial charge in [0.05, 0.1) is 0 Å². The molecule has 2 atom stereocenters. The molecule has 0 spiro atoms. The van der Waals surface area contributed by atoms with Gasteiger partial charge in [0, 0.05) is 6.04 Å². The summed E-state index contributed by atoms with van der Waals surface area (Å²) in [6.45, 7) is 5.85. The molecule has 20 heavy (non-hydrogen) atoms.